The predicted octanol–water partition coefficient (Wildman–Crippen LogP) is 2.97. The second-order valence-corrected chi connectivity index (χ2v) is 6.76. The van der Waals surface area contributed by atoms with Gasteiger partial charge in [-0.15, -0.1) is 11.3 Å². The minimum atomic E-state index is -4.24. The molecule has 1 aromatic rings. The zero-order valence-corrected chi connectivity index (χ0v) is 11.8. The Morgan fingerprint density at radius 1 is 1.45 bits per heavy atom. The Bertz CT molecular complexity index is 536. The smallest absolute Gasteiger partial charge is 0.320 e. The van der Waals surface area contributed by atoms with E-state index in [1.54, 1.807) is 0 Å². The van der Waals surface area contributed by atoms with E-state index in [4.69, 9.17) is 0 Å². The van der Waals surface area contributed by atoms with Gasteiger partial charge in [-0.05, 0) is 31.9 Å². The van der Waals surface area contributed by atoms with Crippen molar-refractivity contribution >= 4 is 17.2 Å². The molecule has 1 saturated carbocycles. The average molecular weight is 304 g/mol. The number of halogens is 3. The standard InChI is InChI=1S/C13H15F3N2OS/c1-8-2-3-9(20-8)10-17-12(4-5-12)11(19)18(10)7-6-13(14,15)16/h2-3,10,17H,4-7H2,1H3. The zero-order chi connectivity index (χ0) is 14.5. The summed E-state index contributed by atoms with van der Waals surface area (Å²) in [5, 5.41) is 3.23. The fourth-order valence-electron chi connectivity index (χ4n) is 2.58. The molecule has 7 heteroatoms. The first-order valence-electron chi connectivity index (χ1n) is 6.53. The van der Waals surface area contributed by atoms with Crippen molar-refractivity contribution in [2.75, 3.05) is 6.54 Å². The monoisotopic (exact) mass is 304 g/mol. The molecule has 0 bridgehead atoms. The first kappa shape index (κ1) is 13.9. The largest absolute Gasteiger partial charge is 0.390 e. The maximum absolute atomic E-state index is 12.4. The number of nitrogens with one attached hydrogen (secondary N) is 1. The lowest BCUT2D eigenvalue weighted by Crippen LogP contribution is -2.34. The van der Waals surface area contributed by atoms with Gasteiger partial charge < -0.3 is 4.90 Å². The molecule has 2 aliphatic rings. The van der Waals surface area contributed by atoms with Crippen molar-refractivity contribution in [3.8, 4) is 0 Å². The number of thiophene rings is 1. The summed E-state index contributed by atoms with van der Waals surface area (Å²) in [6.45, 7) is 1.66. The van der Waals surface area contributed by atoms with Gasteiger partial charge in [0.1, 0.15) is 11.7 Å². The first-order valence-corrected chi connectivity index (χ1v) is 7.34. The van der Waals surface area contributed by atoms with Crippen LogP contribution < -0.4 is 5.32 Å². The molecule has 1 aromatic heterocycles. The van der Waals surface area contributed by atoms with E-state index in [1.807, 2.05) is 19.1 Å². The number of alkyl halides is 3. The van der Waals surface area contributed by atoms with Crippen molar-refractivity contribution in [2.45, 2.75) is 44.1 Å². The molecule has 1 amide bonds. The van der Waals surface area contributed by atoms with Crippen LogP contribution in [0, 0.1) is 6.92 Å². The number of aryl methyl sites for hydroxylation is 1. The summed E-state index contributed by atoms with van der Waals surface area (Å²) < 4.78 is 37.3. The van der Waals surface area contributed by atoms with Crippen LogP contribution in [-0.2, 0) is 4.79 Å². The number of rotatable bonds is 3. The molecule has 0 radical (unpaired) electrons. The first-order chi connectivity index (χ1) is 9.31. The van der Waals surface area contributed by atoms with Crippen LogP contribution in [0.2, 0.25) is 0 Å². The van der Waals surface area contributed by atoms with Crippen LogP contribution in [0.5, 0.6) is 0 Å². The van der Waals surface area contributed by atoms with Crippen molar-refractivity contribution in [1.82, 2.24) is 10.2 Å². The maximum atomic E-state index is 12.4. The summed E-state index contributed by atoms with van der Waals surface area (Å²) in [6.07, 6.45) is -4.18. The minimum absolute atomic E-state index is 0.183. The molecule has 3 nitrogen and oxygen atoms in total. The van der Waals surface area contributed by atoms with E-state index in [-0.39, 0.29) is 12.5 Å². The van der Waals surface area contributed by atoms with E-state index in [1.165, 1.54) is 16.2 Å². The Balaban J connectivity index is 1.81. The topological polar surface area (TPSA) is 32.3 Å². The van der Waals surface area contributed by atoms with Crippen LogP contribution in [0.1, 0.15) is 35.2 Å². The third-order valence-electron chi connectivity index (χ3n) is 3.81. The summed E-state index contributed by atoms with van der Waals surface area (Å²) in [7, 11) is 0. The number of carbonyl (C=O) groups excluding carboxylic acids is 1. The van der Waals surface area contributed by atoms with Gasteiger partial charge in [-0.3, -0.25) is 10.1 Å². The molecule has 0 aromatic carbocycles. The van der Waals surface area contributed by atoms with E-state index in [0.29, 0.717) is 0 Å². The second kappa shape index (κ2) is 4.46. The number of amides is 1. The number of hydrogen-bond donors (Lipinski definition) is 1. The lowest BCUT2D eigenvalue weighted by molar-refractivity contribution is -0.145. The number of nitrogens with zero attached hydrogens (tertiary/aromatic N) is 1. The number of carbonyl (C=O) groups is 1. The summed E-state index contributed by atoms with van der Waals surface area (Å²) in [4.78, 5) is 15.6. The van der Waals surface area contributed by atoms with Crippen molar-refractivity contribution < 1.29 is 18.0 Å². The fourth-order valence-corrected chi connectivity index (χ4v) is 3.52. The SMILES string of the molecule is Cc1ccc(C2NC3(CC3)C(=O)N2CCC(F)(F)F)s1. The van der Waals surface area contributed by atoms with Gasteiger partial charge in [0.25, 0.3) is 0 Å². The molecule has 2 heterocycles. The minimum Gasteiger partial charge on any atom is -0.320 e. The quantitative estimate of drug-likeness (QED) is 0.931. The fraction of sp³-hybridized carbons (Fsp3) is 0.615. The third-order valence-corrected chi connectivity index (χ3v) is 4.86. The molecule has 1 aliphatic carbocycles. The molecule has 1 N–H and O–H groups in total. The van der Waals surface area contributed by atoms with Crippen molar-refractivity contribution in [3.63, 3.8) is 0 Å². The average Bonchev–Trinajstić information content (AvgIpc) is 2.92. The Kier molecular flexibility index (Phi) is 3.10. The van der Waals surface area contributed by atoms with Crippen LogP contribution in [0.3, 0.4) is 0 Å². The highest BCUT2D eigenvalue weighted by molar-refractivity contribution is 7.12. The van der Waals surface area contributed by atoms with Crippen LogP contribution in [0.15, 0.2) is 12.1 Å². The Hall–Kier alpha value is -1.08. The van der Waals surface area contributed by atoms with Crippen LogP contribution >= 0.6 is 11.3 Å². The zero-order valence-electron chi connectivity index (χ0n) is 11.0. The third kappa shape index (κ3) is 2.44. The maximum Gasteiger partial charge on any atom is 0.390 e. The van der Waals surface area contributed by atoms with Gasteiger partial charge >= 0.3 is 6.18 Å². The molecule has 110 valence electrons. The van der Waals surface area contributed by atoms with Gasteiger partial charge in [0.05, 0.1) is 6.42 Å². The van der Waals surface area contributed by atoms with Gasteiger partial charge in [-0.1, -0.05) is 0 Å². The van der Waals surface area contributed by atoms with E-state index in [9.17, 15) is 18.0 Å². The van der Waals surface area contributed by atoms with Crippen LogP contribution in [-0.4, -0.2) is 29.1 Å². The van der Waals surface area contributed by atoms with Gasteiger partial charge in [0, 0.05) is 16.3 Å². The highest BCUT2D eigenvalue weighted by Gasteiger charge is 2.59. The lowest BCUT2D eigenvalue weighted by Gasteiger charge is -2.23. The van der Waals surface area contributed by atoms with E-state index in [0.717, 1.165) is 22.6 Å². The highest BCUT2D eigenvalue weighted by atomic mass is 32.1. The van der Waals surface area contributed by atoms with Gasteiger partial charge in [0.15, 0.2) is 0 Å². The molecule has 3 rings (SSSR count). The van der Waals surface area contributed by atoms with Crippen LogP contribution in [0.25, 0.3) is 0 Å². The normalized spacial score (nSPS) is 24.7. The van der Waals surface area contributed by atoms with Crippen molar-refractivity contribution in [1.29, 1.82) is 0 Å². The van der Waals surface area contributed by atoms with Crippen LogP contribution in [0.4, 0.5) is 13.2 Å². The van der Waals surface area contributed by atoms with Crippen molar-refractivity contribution in [3.05, 3.63) is 21.9 Å². The summed E-state index contributed by atoms with van der Waals surface area (Å²) in [6, 6.07) is 3.80. The Morgan fingerprint density at radius 2 is 2.15 bits per heavy atom. The molecule has 2 fully saturated rings. The molecule has 1 aliphatic heterocycles. The summed E-state index contributed by atoms with van der Waals surface area (Å²) in [5.74, 6) is -0.183. The highest BCUT2D eigenvalue weighted by Crippen LogP contribution is 2.47. The summed E-state index contributed by atoms with van der Waals surface area (Å²) in [5.41, 5.74) is -0.589. The lowest BCUT2D eigenvalue weighted by atomic mass is 10.2. The molecule has 1 saturated heterocycles. The van der Waals surface area contributed by atoms with Gasteiger partial charge in [-0.2, -0.15) is 13.2 Å². The molecular formula is C13H15F3N2OS. The molecule has 1 spiro atoms. The van der Waals surface area contributed by atoms with E-state index < -0.39 is 24.3 Å². The van der Waals surface area contributed by atoms with Gasteiger partial charge in [-0.25, -0.2) is 0 Å². The molecule has 20 heavy (non-hydrogen) atoms. The van der Waals surface area contributed by atoms with Gasteiger partial charge in [0.2, 0.25) is 5.91 Å². The van der Waals surface area contributed by atoms with E-state index in [2.05, 4.69) is 5.32 Å². The Labute approximate surface area is 118 Å². The molecular weight excluding hydrogens is 289 g/mol. The second-order valence-electron chi connectivity index (χ2n) is 5.44. The Morgan fingerprint density at radius 3 is 2.65 bits per heavy atom. The molecule has 1 unspecified atom stereocenters. The van der Waals surface area contributed by atoms with Crippen molar-refractivity contribution in [2.24, 2.45) is 0 Å². The summed E-state index contributed by atoms with van der Waals surface area (Å²) >= 11 is 1.52. The number of hydrogen-bond acceptors (Lipinski definition) is 3. The molecule has 1 atom stereocenters. The van der Waals surface area contributed by atoms with E-state index >= 15 is 0 Å². The predicted molar refractivity (Wildman–Crippen MR) is 69.3 cm³/mol.